The molecule has 16 heavy (non-hydrogen) atoms. The van der Waals surface area contributed by atoms with Gasteiger partial charge in [0.1, 0.15) is 0 Å². The van der Waals surface area contributed by atoms with Crippen LogP contribution in [0.15, 0.2) is 0 Å². The number of nitrogens with zero attached hydrogens (tertiary/aromatic N) is 2. The lowest BCUT2D eigenvalue weighted by Crippen LogP contribution is -2.49. The van der Waals surface area contributed by atoms with Crippen molar-refractivity contribution in [1.29, 1.82) is 0 Å². The Morgan fingerprint density at radius 2 is 2.06 bits per heavy atom. The molecular weight excluding hydrogens is 202 g/mol. The number of hydrogen-bond donors (Lipinski definition) is 1. The number of hydrogen-bond acceptors (Lipinski definition) is 3. The molecule has 2 fully saturated rings. The first kappa shape index (κ1) is 11.9. The number of carbonyl (C=O) groups excluding carboxylic acids is 1. The van der Waals surface area contributed by atoms with Gasteiger partial charge in [0.2, 0.25) is 5.91 Å². The average molecular weight is 225 g/mol. The summed E-state index contributed by atoms with van der Waals surface area (Å²) in [5.74, 6) is 1.13. The Kier molecular flexibility index (Phi) is 4.18. The maximum atomic E-state index is 12.0. The number of amides is 1. The van der Waals surface area contributed by atoms with E-state index in [9.17, 15) is 4.79 Å². The van der Waals surface area contributed by atoms with E-state index in [1.807, 2.05) is 4.90 Å². The Morgan fingerprint density at radius 1 is 1.31 bits per heavy atom. The van der Waals surface area contributed by atoms with E-state index in [-0.39, 0.29) is 0 Å². The van der Waals surface area contributed by atoms with Gasteiger partial charge in [0, 0.05) is 32.7 Å². The number of rotatable bonds is 3. The average Bonchev–Trinajstić information content (AvgIpc) is 2.78. The van der Waals surface area contributed by atoms with Crippen molar-refractivity contribution in [3.8, 4) is 0 Å². The molecule has 2 aliphatic rings. The second-order valence-corrected chi connectivity index (χ2v) is 4.93. The molecule has 0 radical (unpaired) electrons. The molecule has 92 valence electrons. The Labute approximate surface area is 98.0 Å². The molecule has 4 heteroatoms. The summed E-state index contributed by atoms with van der Waals surface area (Å²) in [6.45, 7) is 8.76. The third-order valence-electron chi connectivity index (χ3n) is 3.78. The van der Waals surface area contributed by atoms with E-state index in [0.29, 0.717) is 12.5 Å². The fraction of sp³-hybridized carbons (Fsp3) is 0.917. The van der Waals surface area contributed by atoms with Gasteiger partial charge in [0.25, 0.3) is 0 Å². The number of likely N-dealkylation sites (tertiary alicyclic amines) is 1. The molecule has 0 aromatic rings. The highest BCUT2D eigenvalue weighted by Gasteiger charge is 2.25. The normalized spacial score (nSPS) is 27.3. The Bertz CT molecular complexity index is 238. The van der Waals surface area contributed by atoms with Crippen molar-refractivity contribution in [2.75, 3.05) is 45.8 Å². The number of piperazine rings is 1. The van der Waals surface area contributed by atoms with E-state index < -0.39 is 0 Å². The lowest BCUT2D eigenvalue weighted by atomic mass is 10.1. The molecule has 2 rings (SSSR count). The van der Waals surface area contributed by atoms with Gasteiger partial charge >= 0.3 is 0 Å². The van der Waals surface area contributed by atoms with Gasteiger partial charge in [0.05, 0.1) is 6.54 Å². The third kappa shape index (κ3) is 2.95. The van der Waals surface area contributed by atoms with Gasteiger partial charge in [-0.2, -0.15) is 0 Å². The van der Waals surface area contributed by atoms with Crippen molar-refractivity contribution in [2.45, 2.75) is 19.8 Å². The molecule has 1 atom stereocenters. The molecule has 0 bridgehead atoms. The summed E-state index contributed by atoms with van der Waals surface area (Å²) in [5, 5.41) is 3.27. The van der Waals surface area contributed by atoms with Crippen LogP contribution in [0.5, 0.6) is 0 Å². The summed E-state index contributed by atoms with van der Waals surface area (Å²) in [5.41, 5.74) is 0. The highest BCUT2D eigenvalue weighted by Crippen LogP contribution is 2.18. The van der Waals surface area contributed by atoms with Crippen molar-refractivity contribution in [1.82, 2.24) is 15.1 Å². The van der Waals surface area contributed by atoms with Gasteiger partial charge in [-0.1, -0.05) is 13.3 Å². The second-order valence-electron chi connectivity index (χ2n) is 4.93. The molecule has 4 nitrogen and oxygen atoms in total. The molecule has 0 aromatic heterocycles. The zero-order valence-corrected chi connectivity index (χ0v) is 10.2. The molecule has 2 heterocycles. The van der Waals surface area contributed by atoms with Gasteiger partial charge in [-0.25, -0.2) is 0 Å². The molecule has 0 saturated carbocycles. The minimum Gasteiger partial charge on any atom is -0.339 e. The second kappa shape index (κ2) is 5.64. The van der Waals surface area contributed by atoms with Crippen LogP contribution in [0.1, 0.15) is 19.8 Å². The molecule has 1 N–H and O–H groups in total. The summed E-state index contributed by atoms with van der Waals surface area (Å²) >= 11 is 0. The Balaban J connectivity index is 1.74. The zero-order chi connectivity index (χ0) is 11.4. The lowest BCUT2D eigenvalue weighted by Gasteiger charge is -2.29. The molecule has 1 amide bonds. The van der Waals surface area contributed by atoms with Crippen LogP contribution < -0.4 is 5.32 Å². The van der Waals surface area contributed by atoms with Crippen LogP contribution in [-0.4, -0.2) is 61.5 Å². The molecular formula is C12H23N3O. The van der Waals surface area contributed by atoms with Crippen LogP contribution in [0.2, 0.25) is 0 Å². The lowest BCUT2D eigenvalue weighted by molar-refractivity contribution is -0.132. The Morgan fingerprint density at radius 3 is 2.69 bits per heavy atom. The summed E-state index contributed by atoms with van der Waals surface area (Å²) in [6.07, 6.45) is 2.52. The van der Waals surface area contributed by atoms with E-state index in [2.05, 4.69) is 17.1 Å². The van der Waals surface area contributed by atoms with Crippen LogP contribution in [0.25, 0.3) is 0 Å². The number of nitrogens with one attached hydrogen (secondary N) is 1. The van der Waals surface area contributed by atoms with Gasteiger partial charge in [-0.15, -0.1) is 0 Å². The monoisotopic (exact) mass is 225 g/mol. The van der Waals surface area contributed by atoms with Crippen molar-refractivity contribution in [3.05, 3.63) is 0 Å². The first-order valence-electron chi connectivity index (χ1n) is 6.50. The first-order valence-corrected chi connectivity index (χ1v) is 6.50. The first-order chi connectivity index (χ1) is 7.79. The van der Waals surface area contributed by atoms with Crippen molar-refractivity contribution >= 4 is 5.91 Å². The third-order valence-corrected chi connectivity index (χ3v) is 3.78. The highest BCUT2D eigenvalue weighted by molar-refractivity contribution is 5.78. The summed E-state index contributed by atoms with van der Waals surface area (Å²) in [4.78, 5) is 16.3. The summed E-state index contributed by atoms with van der Waals surface area (Å²) in [6, 6.07) is 0. The van der Waals surface area contributed by atoms with Gasteiger partial charge in [-0.3, -0.25) is 9.69 Å². The van der Waals surface area contributed by atoms with E-state index in [1.54, 1.807) is 0 Å². The Hall–Kier alpha value is -0.610. The summed E-state index contributed by atoms with van der Waals surface area (Å²) in [7, 11) is 0. The van der Waals surface area contributed by atoms with Crippen LogP contribution >= 0.6 is 0 Å². The fourth-order valence-electron chi connectivity index (χ4n) is 2.60. The van der Waals surface area contributed by atoms with Crippen LogP contribution in [-0.2, 0) is 4.79 Å². The topological polar surface area (TPSA) is 35.6 Å². The predicted octanol–water partition coefficient (Wildman–Crippen LogP) is 0.150. The quantitative estimate of drug-likeness (QED) is 0.743. The van der Waals surface area contributed by atoms with Crippen LogP contribution in [0, 0.1) is 5.92 Å². The predicted molar refractivity (Wildman–Crippen MR) is 64.3 cm³/mol. The van der Waals surface area contributed by atoms with E-state index in [4.69, 9.17) is 0 Å². The smallest absolute Gasteiger partial charge is 0.236 e. The molecule has 0 unspecified atom stereocenters. The van der Waals surface area contributed by atoms with Gasteiger partial charge < -0.3 is 10.2 Å². The van der Waals surface area contributed by atoms with Crippen LogP contribution in [0.4, 0.5) is 0 Å². The largest absolute Gasteiger partial charge is 0.339 e. The zero-order valence-electron chi connectivity index (χ0n) is 10.2. The molecule has 0 spiro atoms. The number of carbonyl (C=O) groups is 1. The molecule has 2 saturated heterocycles. The minimum absolute atomic E-state index is 0.318. The van der Waals surface area contributed by atoms with Gasteiger partial charge in [-0.05, 0) is 18.9 Å². The van der Waals surface area contributed by atoms with Gasteiger partial charge in [0.15, 0.2) is 0 Å². The standard InChI is InChI=1S/C12H23N3O/c1-2-11-3-6-14(9-11)10-12(16)15-7-4-13-5-8-15/h11,13H,2-10H2,1H3/t11-/m0/s1. The fourth-order valence-corrected chi connectivity index (χ4v) is 2.60. The summed E-state index contributed by atoms with van der Waals surface area (Å²) < 4.78 is 0. The SMILES string of the molecule is CC[C@H]1CCN(CC(=O)N2CCNCC2)C1. The van der Waals surface area contributed by atoms with Crippen molar-refractivity contribution < 1.29 is 4.79 Å². The van der Waals surface area contributed by atoms with Crippen molar-refractivity contribution in [3.63, 3.8) is 0 Å². The van der Waals surface area contributed by atoms with Crippen molar-refractivity contribution in [2.24, 2.45) is 5.92 Å². The van der Waals surface area contributed by atoms with Crippen LogP contribution in [0.3, 0.4) is 0 Å². The van der Waals surface area contributed by atoms with E-state index in [1.165, 1.54) is 12.8 Å². The molecule has 2 aliphatic heterocycles. The highest BCUT2D eigenvalue weighted by atomic mass is 16.2. The molecule has 0 aromatic carbocycles. The minimum atomic E-state index is 0.318. The molecule has 0 aliphatic carbocycles. The maximum Gasteiger partial charge on any atom is 0.236 e. The van der Waals surface area contributed by atoms with E-state index >= 15 is 0 Å². The van der Waals surface area contributed by atoms with E-state index in [0.717, 1.165) is 45.2 Å². The maximum absolute atomic E-state index is 12.0.